The van der Waals surface area contributed by atoms with E-state index in [0.717, 1.165) is 0 Å². The molecule has 2 aliphatic carbocycles. The average molecular weight is 468 g/mol. The van der Waals surface area contributed by atoms with Crippen LogP contribution in [0.1, 0.15) is 21.7 Å². The molecule has 1 unspecified atom stereocenters. The first-order valence-electron chi connectivity index (χ1n) is 7.72. The molecule has 1 atom stereocenters. The Labute approximate surface area is 174 Å². The molecule has 5 heteroatoms. The predicted molar refractivity (Wildman–Crippen MR) is 96.5 cm³/mol. The molecule has 0 saturated carbocycles. The Balaban J connectivity index is 0.000000163. The maximum atomic E-state index is 2.47. The normalized spacial score (nSPS) is 23.4. The molecule has 0 nitrogen and oxygen atoms in total. The minimum atomic E-state index is -1.09. The van der Waals surface area contributed by atoms with Gasteiger partial charge in [-0.15, -0.1) is 0 Å². The number of rotatable bonds is 0. The summed E-state index contributed by atoms with van der Waals surface area (Å²) in [7, 11) is 0.396. The zero-order valence-corrected chi connectivity index (χ0v) is 19.8. The van der Waals surface area contributed by atoms with Crippen molar-refractivity contribution in [1.29, 1.82) is 0 Å². The molecule has 0 spiro atoms. The minimum absolute atomic E-state index is 0. The molecule has 0 amide bonds. The van der Waals surface area contributed by atoms with Crippen LogP contribution in [0.15, 0.2) is 63.8 Å². The molecule has 2 aliphatic heterocycles. The summed E-state index contributed by atoms with van der Waals surface area (Å²) in [4.78, 5) is 0. The molecule has 0 radical (unpaired) electrons. The summed E-state index contributed by atoms with van der Waals surface area (Å²) in [6, 6.07) is 8.60. The van der Waals surface area contributed by atoms with Crippen molar-refractivity contribution < 1.29 is 49.5 Å². The molecule has 0 fully saturated rings. The molecular weight excluding hydrogens is 449 g/mol. The SMILES string of the molecule is CC1=PC2=CC=C3C2=C1[Si]3(C)C.[Cl-].[Cl-].[Zr+2][CH]1C=Cc2ccccc21. The van der Waals surface area contributed by atoms with Gasteiger partial charge in [0.1, 0.15) is 8.07 Å². The second-order valence-corrected chi connectivity index (χ2v) is 13.9. The number of fused-ring (bicyclic) bond motifs is 1. The molecular formula is C19H18Cl2PSiZr. The second kappa shape index (κ2) is 7.34. The van der Waals surface area contributed by atoms with Gasteiger partial charge < -0.3 is 24.8 Å². The van der Waals surface area contributed by atoms with E-state index >= 15 is 0 Å². The molecule has 2 heterocycles. The molecule has 0 N–H and O–H groups in total. The van der Waals surface area contributed by atoms with E-state index in [1.54, 1.807) is 51.3 Å². The summed E-state index contributed by atoms with van der Waals surface area (Å²) >= 11 is 1.59. The van der Waals surface area contributed by atoms with Crippen molar-refractivity contribution in [3.8, 4) is 0 Å². The first kappa shape index (κ1) is 20.3. The van der Waals surface area contributed by atoms with Crippen LogP contribution in [0.3, 0.4) is 0 Å². The van der Waals surface area contributed by atoms with Crippen LogP contribution >= 0.6 is 8.20 Å². The van der Waals surface area contributed by atoms with E-state index < -0.39 is 8.07 Å². The zero-order valence-electron chi connectivity index (χ0n) is 13.9. The number of hydrogen-bond donors (Lipinski definition) is 0. The monoisotopic (exact) mass is 465 g/mol. The Hall–Kier alpha value is 0.0300. The van der Waals surface area contributed by atoms with Gasteiger partial charge in [0.05, 0.1) is 0 Å². The number of allylic oxidation sites excluding steroid dienone is 7. The van der Waals surface area contributed by atoms with Crippen LogP contribution in [0.25, 0.3) is 6.08 Å². The maximum absolute atomic E-state index is 2.47. The first-order chi connectivity index (χ1) is 10.5. The molecule has 5 rings (SSSR count). The van der Waals surface area contributed by atoms with Gasteiger partial charge >= 0.3 is 75.9 Å². The Morgan fingerprint density at radius 1 is 1.08 bits per heavy atom. The Morgan fingerprint density at radius 2 is 1.79 bits per heavy atom. The second-order valence-electron chi connectivity index (χ2n) is 6.67. The molecule has 0 bridgehead atoms. The zero-order chi connectivity index (χ0) is 15.5. The van der Waals surface area contributed by atoms with Crippen LogP contribution in [0.5, 0.6) is 0 Å². The molecule has 24 heavy (non-hydrogen) atoms. The summed E-state index contributed by atoms with van der Waals surface area (Å²) in [5.74, 6) is 0. The van der Waals surface area contributed by atoms with E-state index in [1.807, 2.05) is 0 Å². The van der Waals surface area contributed by atoms with Crippen molar-refractivity contribution in [2.24, 2.45) is 0 Å². The molecule has 1 aromatic carbocycles. The third-order valence-electron chi connectivity index (χ3n) is 4.93. The van der Waals surface area contributed by atoms with Gasteiger partial charge in [-0.1, -0.05) is 27.4 Å². The number of hydrogen-bond acceptors (Lipinski definition) is 0. The fourth-order valence-corrected chi connectivity index (χ4v) is 10.3. The van der Waals surface area contributed by atoms with Gasteiger partial charge in [0.2, 0.25) is 0 Å². The number of benzene rings is 1. The van der Waals surface area contributed by atoms with Crippen LogP contribution in [0.2, 0.25) is 13.1 Å². The van der Waals surface area contributed by atoms with Crippen LogP contribution < -0.4 is 24.8 Å². The van der Waals surface area contributed by atoms with Gasteiger partial charge in [-0.2, -0.15) is 0 Å². The van der Waals surface area contributed by atoms with Crippen molar-refractivity contribution in [3.63, 3.8) is 0 Å². The van der Waals surface area contributed by atoms with E-state index in [0.29, 0.717) is 3.63 Å². The standard InChI is InChI=1S/C10H11PSi.C9H7.2ClH.Zr/c1-6-10-9-7(11-6)4-5-8(9)12(10,2)3;1-2-5-9-7-3-6-8(9)4-1;;;/h4-5H,1-3H3;1-7H;2*1H;/q;;;;+2/p-2. The van der Waals surface area contributed by atoms with E-state index in [1.165, 1.54) is 19.3 Å². The molecule has 0 saturated heterocycles. The Morgan fingerprint density at radius 3 is 2.50 bits per heavy atom. The molecule has 1 aromatic rings. The third-order valence-corrected chi connectivity index (χ3v) is 11.2. The van der Waals surface area contributed by atoms with Gasteiger partial charge in [-0.25, -0.2) is 0 Å². The van der Waals surface area contributed by atoms with Gasteiger partial charge in [0, 0.05) is 5.31 Å². The summed E-state index contributed by atoms with van der Waals surface area (Å²) < 4.78 is 0.711. The third kappa shape index (κ3) is 3.00. The number of halogens is 2. The van der Waals surface area contributed by atoms with Gasteiger partial charge in [-0.05, 0) is 34.3 Å². The van der Waals surface area contributed by atoms with Gasteiger partial charge in [0.15, 0.2) is 0 Å². The van der Waals surface area contributed by atoms with E-state index in [2.05, 4.69) is 68.6 Å². The summed E-state index contributed by atoms with van der Waals surface area (Å²) in [5, 5.41) is 6.67. The molecule has 121 valence electrons. The molecule has 0 aromatic heterocycles. The van der Waals surface area contributed by atoms with Crippen molar-refractivity contribution >= 4 is 27.6 Å². The van der Waals surface area contributed by atoms with Crippen LogP contribution in [-0.2, 0) is 24.7 Å². The van der Waals surface area contributed by atoms with Gasteiger partial charge in [0.25, 0.3) is 0 Å². The van der Waals surface area contributed by atoms with E-state index in [-0.39, 0.29) is 24.8 Å². The van der Waals surface area contributed by atoms with Crippen molar-refractivity contribution in [3.05, 3.63) is 74.9 Å². The summed E-state index contributed by atoms with van der Waals surface area (Å²) in [6.07, 6.45) is 9.18. The van der Waals surface area contributed by atoms with Crippen molar-refractivity contribution in [2.75, 3.05) is 0 Å². The Kier molecular flexibility index (Phi) is 6.22. The fraction of sp³-hybridized carbons (Fsp3) is 0.211. The predicted octanol–water partition coefficient (Wildman–Crippen LogP) is -0.631. The first-order valence-corrected chi connectivity index (χ1v) is 13.0. The van der Waals surface area contributed by atoms with Crippen molar-refractivity contribution in [1.82, 2.24) is 0 Å². The van der Waals surface area contributed by atoms with Crippen molar-refractivity contribution in [2.45, 2.75) is 23.6 Å². The topological polar surface area (TPSA) is 0 Å². The van der Waals surface area contributed by atoms with Crippen LogP contribution in [-0.4, -0.2) is 13.4 Å². The summed E-state index contributed by atoms with van der Waals surface area (Å²) in [5.41, 5.74) is 4.55. The van der Waals surface area contributed by atoms with Crippen LogP contribution in [0, 0.1) is 0 Å². The Bertz CT molecular complexity index is 847. The van der Waals surface area contributed by atoms with E-state index in [9.17, 15) is 0 Å². The quantitative estimate of drug-likeness (QED) is 0.352. The fourth-order valence-electron chi connectivity index (χ4n) is 3.85. The van der Waals surface area contributed by atoms with Crippen LogP contribution in [0.4, 0.5) is 0 Å². The average Bonchev–Trinajstić information content (AvgIpc) is 3.11. The molecule has 4 aliphatic rings. The summed E-state index contributed by atoms with van der Waals surface area (Å²) in [6.45, 7) is 7.24. The van der Waals surface area contributed by atoms with E-state index in [4.69, 9.17) is 0 Å². The van der Waals surface area contributed by atoms with Gasteiger partial charge in [-0.3, -0.25) is 0 Å².